The van der Waals surface area contributed by atoms with Crippen molar-refractivity contribution in [2.24, 2.45) is 5.73 Å². The lowest BCUT2D eigenvalue weighted by Crippen LogP contribution is -2.25. The summed E-state index contributed by atoms with van der Waals surface area (Å²) >= 11 is 5.76. The summed E-state index contributed by atoms with van der Waals surface area (Å²) in [5.74, 6) is 0.449. The van der Waals surface area contributed by atoms with Crippen molar-refractivity contribution in [1.29, 1.82) is 0 Å². The van der Waals surface area contributed by atoms with Crippen molar-refractivity contribution in [3.8, 4) is 5.75 Å². The van der Waals surface area contributed by atoms with Crippen LogP contribution in [-0.4, -0.2) is 12.6 Å². The number of aryl methyl sites for hydroxylation is 1. The maximum atomic E-state index is 13.8. The fourth-order valence-corrected chi connectivity index (χ4v) is 2.32. The Hall–Kier alpha value is -1.58. The SMILES string of the molecule is Cc1cccc(OCCC(N)Cc2cccc(Cl)c2F)c1. The lowest BCUT2D eigenvalue weighted by Gasteiger charge is -2.13. The molecule has 4 heteroatoms. The highest BCUT2D eigenvalue weighted by Crippen LogP contribution is 2.19. The second-order valence-corrected chi connectivity index (χ2v) is 5.54. The number of benzene rings is 2. The van der Waals surface area contributed by atoms with Crippen molar-refractivity contribution in [2.75, 3.05) is 6.61 Å². The van der Waals surface area contributed by atoms with Crippen molar-refractivity contribution in [3.63, 3.8) is 0 Å². The molecular weight excluding hydrogens is 289 g/mol. The molecule has 0 saturated heterocycles. The van der Waals surface area contributed by atoms with Gasteiger partial charge in [0.25, 0.3) is 0 Å². The van der Waals surface area contributed by atoms with E-state index in [0.717, 1.165) is 11.3 Å². The van der Waals surface area contributed by atoms with Gasteiger partial charge < -0.3 is 10.5 Å². The predicted molar refractivity (Wildman–Crippen MR) is 84.4 cm³/mol. The molecule has 21 heavy (non-hydrogen) atoms. The van der Waals surface area contributed by atoms with Gasteiger partial charge in [0.1, 0.15) is 11.6 Å². The van der Waals surface area contributed by atoms with Crippen LogP contribution in [-0.2, 0) is 6.42 Å². The molecule has 112 valence electrons. The molecule has 2 aromatic rings. The Bertz CT molecular complexity index is 603. The van der Waals surface area contributed by atoms with Crippen LogP contribution in [0.1, 0.15) is 17.5 Å². The first-order valence-electron chi connectivity index (χ1n) is 6.94. The van der Waals surface area contributed by atoms with E-state index in [-0.39, 0.29) is 16.9 Å². The summed E-state index contributed by atoms with van der Waals surface area (Å²) in [5.41, 5.74) is 7.73. The number of rotatable bonds is 6. The molecule has 0 spiro atoms. The van der Waals surface area contributed by atoms with E-state index in [1.807, 2.05) is 31.2 Å². The fourth-order valence-electron chi connectivity index (χ4n) is 2.12. The topological polar surface area (TPSA) is 35.2 Å². The van der Waals surface area contributed by atoms with E-state index in [1.54, 1.807) is 12.1 Å². The average molecular weight is 308 g/mol. The summed E-state index contributed by atoms with van der Waals surface area (Å²) in [5, 5.41) is 0.135. The van der Waals surface area contributed by atoms with Gasteiger partial charge in [0.2, 0.25) is 0 Å². The third-order valence-electron chi connectivity index (χ3n) is 3.26. The van der Waals surface area contributed by atoms with Gasteiger partial charge in [-0.15, -0.1) is 0 Å². The van der Waals surface area contributed by atoms with Crippen LogP contribution < -0.4 is 10.5 Å². The fraction of sp³-hybridized carbons (Fsp3) is 0.294. The van der Waals surface area contributed by atoms with Gasteiger partial charge in [-0.1, -0.05) is 35.9 Å². The van der Waals surface area contributed by atoms with Crippen LogP contribution >= 0.6 is 11.6 Å². The molecule has 2 N–H and O–H groups in total. The summed E-state index contributed by atoms with van der Waals surface area (Å²) in [7, 11) is 0. The largest absolute Gasteiger partial charge is 0.494 e. The molecule has 2 nitrogen and oxygen atoms in total. The van der Waals surface area contributed by atoms with Gasteiger partial charge in [-0.25, -0.2) is 4.39 Å². The molecule has 0 aliphatic heterocycles. The summed E-state index contributed by atoms with van der Waals surface area (Å²) in [6.45, 7) is 2.52. The predicted octanol–water partition coefficient (Wildman–Crippen LogP) is 4.13. The van der Waals surface area contributed by atoms with E-state index < -0.39 is 0 Å². The maximum Gasteiger partial charge on any atom is 0.145 e. The second-order valence-electron chi connectivity index (χ2n) is 5.13. The third kappa shape index (κ3) is 4.73. The Balaban J connectivity index is 1.82. The minimum Gasteiger partial charge on any atom is -0.494 e. The van der Waals surface area contributed by atoms with Crippen molar-refractivity contribution < 1.29 is 9.13 Å². The highest BCUT2D eigenvalue weighted by Gasteiger charge is 2.11. The second kappa shape index (κ2) is 7.43. The lowest BCUT2D eigenvalue weighted by atomic mass is 10.0. The standard InChI is InChI=1S/C17H19ClFNO/c1-12-4-2-6-15(10-12)21-9-8-14(20)11-13-5-3-7-16(18)17(13)19/h2-7,10,14H,8-9,11,20H2,1H3. The molecule has 2 rings (SSSR count). The number of hydrogen-bond acceptors (Lipinski definition) is 2. The van der Waals surface area contributed by atoms with Crippen molar-refractivity contribution >= 4 is 11.6 Å². The first kappa shape index (κ1) is 15.8. The first-order chi connectivity index (χ1) is 10.1. The molecule has 0 heterocycles. The van der Waals surface area contributed by atoms with Crippen LogP contribution in [0.4, 0.5) is 4.39 Å². The van der Waals surface area contributed by atoms with E-state index in [1.165, 1.54) is 6.07 Å². The van der Waals surface area contributed by atoms with Gasteiger partial charge in [-0.2, -0.15) is 0 Å². The normalized spacial score (nSPS) is 12.2. The molecule has 0 fully saturated rings. The molecule has 0 saturated carbocycles. The van der Waals surface area contributed by atoms with Crippen LogP contribution in [0.3, 0.4) is 0 Å². The van der Waals surface area contributed by atoms with Gasteiger partial charge in [0.05, 0.1) is 11.6 Å². The summed E-state index contributed by atoms with van der Waals surface area (Å²) in [6, 6.07) is 12.7. The van der Waals surface area contributed by atoms with E-state index >= 15 is 0 Å². The molecule has 0 radical (unpaired) electrons. The Morgan fingerprint density at radius 1 is 1.24 bits per heavy atom. The minimum absolute atomic E-state index is 0.135. The van der Waals surface area contributed by atoms with Crippen LogP contribution in [0.15, 0.2) is 42.5 Å². The van der Waals surface area contributed by atoms with Crippen molar-refractivity contribution in [2.45, 2.75) is 25.8 Å². The molecule has 1 atom stereocenters. The molecule has 0 aliphatic rings. The Morgan fingerprint density at radius 3 is 2.76 bits per heavy atom. The molecule has 0 aromatic heterocycles. The smallest absolute Gasteiger partial charge is 0.145 e. The van der Waals surface area contributed by atoms with Gasteiger partial charge in [-0.05, 0) is 49.1 Å². The summed E-state index contributed by atoms with van der Waals surface area (Å²) in [4.78, 5) is 0. The summed E-state index contributed by atoms with van der Waals surface area (Å²) in [6.07, 6.45) is 1.10. The van der Waals surface area contributed by atoms with E-state index in [9.17, 15) is 4.39 Å². The first-order valence-corrected chi connectivity index (χ1v) is 7.32. The molecular formula is C17H19ClFNO. The Morgan fingerprint density at radius 2 is 2.00 bits per heavy atom. The van der Waals surface area contributed by atoms with Crippen molar-refractivity contribution in [1.82, 2.24) is 0 Å². The molecule has 2 aromatic carbocycles. The van der Waals surface area contributed by atoms with Gasteiger partial charge >= 0.3 is 0 Å². The minimum atomic E-state index is -0.380. The lowest BCUT2D eigenvalue weighted by molar-refractivity contribution is 0.296. The van der Waals surface area contributed by atoms with E-state index in [2.05, 4.69) is 0 Å². The third-order valence-corrected chi connectivity index (χ3v) is 3.55. The van der Waals surface area contributed by atoms with Crippen LogP contribution in [0, 0.1) is 12.7 Å². The Labute approximate surface area is 129 Å². The van der Waals surface area contributed by atoms with Crippen LogP contribution in [0.5, 0.6) is 5.75 Å². The molecule has 0 aliphatic carbocycles. The number of halogens is 2. The molecule has 0 amide bonds. The highest BCUT2D eigenvalue weighted by atomic mass is 35.5. The number of hydrogen-bond donors (Lipinski definition) is 1. The van der Waals surface area contributed by atoms with Crippen LogP contribution in [0.2, 0.25) is 5.02 Å². The van der Waals surface area contributed by atoms with E-state index in [0.29, 0.717) is 25.0 Å². The van der Waals surface area contributed by atoms with Crippen molar-refractivity contribution in [3.05, 3.63) is 64.4 Å². The monoisotopic (exact) mass is 307 g/mol. The molecule has 1 unspecified atom stereocenters. The zero-order chi connectivity index (χ0) is 15.2. The zero-order valence-electron chi connectivity index (χ0n) is 12.0. The van der Waals surface area contributed by atoms with Gasteiger partial charge in [0, 0.05) is 6.04 Å². The average Bonchev–Trinajstić information content (AvgIpc) is 2.44. The Kier molecular flexibility index (Phi) is 5.59. The molecule has 0 bridgehead atoms. The quantitative estimate of drug-likeness (QED) is 0.871. The number of ether oxygens (including phenoxy) is 1. The van der Waals surface area contributed by atoms with Gasteiger partial charge in [-0.3, -0.25) is 0 Å². The van der Waals surface area contributed by atoms with E-state index in [4.69, 9.17) is 22.1 Å². The van der Waals surface area contributed by atoms with Crippen LogP contribution in [0.25, 0.3) is 0 Å². The highest BCUT2D eigenvalue weighted by molar-refractivity contribution is 6.30. The maximum absolute atomic E-state index is 13.8. The summed E-state index contributed by atoms with van der Waals surface area (Å²) < 4.78 is 19.4. The number of nitrogens with two attached hydrogens (primary N) is 1. The van der Waals surface area contributed by atoms with Gasteiger partial charge in [0.15, 0.2) is 0 Å². The zero-order valence-corrected chi connectivity index (χ0v) is 12.7.